The van der Waals surface area contributed by atoms with Gasteiger partial charge in [-0.1, -0.05) is 6.07 Å². The number of benzene rings is 1. The quantitative estimate of drug-likeness (QED) is 0.715. The van der Waals surface area contributed by atoms with Gasteiger partial charge in [0, 0.05) is 25.7 Å². The Balaban J connectivity index is 1.46. The number of carbonyl (C=O) groups is 1. The van der Waals surface area contributed by atoms with Crippen molar-refractivity contribution in [3.63, 3.8) is 0 Å². The van der Waals surface area contributed by atoms with Gasteiger partial charge in [0.25, 0.3) is 0 Å². The molecule has 0 aromatic heterocycles. The highest BCUT2D eigenvalue weighted by molar-refractivity contribution is 5.80. The standard InChI is InChI=1S/C20H21F2N3O/c21-18-4-2-15(10-19(18)22)17(11-23)14-5-7-24(8-6-14)20(26)25-12-13-1-3-16(25)9-13/h2,4,10,13,16H,1,3,5-9,12H2/t13-,16-/m1/s1. The highest BCUT2D eigenvalue weighted by Gasteiger charge is 2.41. The van der Waals surface area contributed by atoms with Crippen molar-refractivity contribution in [2.45, 2.75) is 38.1 Å². The Kier molecular flexibility index (Phi) is 4.39. The Hall–Kier alpha value is -2.42. The molecule has 1 aromatic carbocycles. The Morgan fingerprint density at radius 3 is 2.50 bits per heavy atom. The molecule has 2 atom stereocenters. The lowest BCUT2D eigenvalue weighted by Gasteiger charge is -2.36. The molecule has 3 fully saturated rings. The molecule has 4 nitrogen and oxygen atoms in total. The average molecular weight is 357 g/mol. The number of carbonyl (C=O) groups excluding carboxylic acids is 1. The number of nitriles is 1. The second-order valence-electron chi connectivity index (χ2n) is 7.47. The zero-order valence-corrected chi connectivity index (χ0v) is 14.5. The maximum atomic E-state index is 13.5. The van der Waals surface area contributed by atoms with E-state index in [-0.39, 0.29) is 6.03 Å². The molecule has 0 N–H and O–H groups in total. The first-order chi connectivity index (χ1) is 12.6. The molecule has 2 amide bonds. The maximum absolute atomic E-state index is 13.5. The van der Waals surface area contributed by atoms with Gasteiger partial charge >= 0.3 is 6.03 Å². The zero-order valence-electron chi connectivity index (χ0n) is 14.5. The van der Waals surface area contributed by atoms with Crippen LogP contribution >= 0.6 is 0 Å². The van der Waals surface area contributed by atoms with Crippen molar-refractivity contribution >= 4 is 11.6 Å². The molecule has 6 heteroatoms. The highest BCUT2D eigenvalue weighted by atomic mass is 19.2. The lowest BCUT2D eigenvalue weighted by Crippen LogP contribution is -2.48. The molecular weight excluding hydrogens is 336 g/mol. The number of fused-ring (bicyclic) bond motifs is 2. The van der Waals surface area contributed by atoms with Gasteiger partial charge in [-0.15, -0.1) is 0 Å². The third-order valence-electron chi connectivity index (χ3n) is 5.97. The molecule has 0 spiro atoms. The number of urea groups is 1. The third-order valence-corrected chi connectivity index (χ3v) is 5.97. The number of halogens is 2. The van der Waals surface area contributed by atoms with E-state index in [9.17, 15) is 18.8 Å². The van der Waals surface area contributed by atoms with Crippen molar-refractivity contribution in [1.29, 1.82) is 5.26 Å². The van der Waals surface area contributed by atoms with E-state index in [0.29, 0.717) is 49.0 Å². The van der Waals surface area contributed by atoms with Gasteiger partial charge in [0.05, 0.1) is 11.6 Å². The number of amides is 2. The van der Waals surface area contributed by atoms with Crippen LogP contribution in [0.15, 0.2) is 23.8 Å². The van der Waals surface area contributed by atoms with Crippen LogP contribution in [0.1, 0.15) is 37.7 Å². The third kappa shape index (κ3) is 2.96. The van der Waals surface area contributed by atoms with Crippen LogP contribution in [0.2, 0.25) is 0 Å². The molecule has 1 aliphatic carbocycles. The van der Waals surface area contributed by atoms with Crippen LogP contribution in [0, 0.1) is 28.9 Å². The van der Waals surface area contributed by atoms with Crippen LogP contribution in [0.25, 0.3) is 5.57 Å². The van der Waals surface area contributed by atoms with E-state index in [2.05, 4.69) is 6.07 Å². The minimum absolute atomic E-state index is 0.114. The number of piperidine rings is 2. The summed E-state index contributed by atoms with van der Waals surface area (Å²) < 4.78 is 26.6. The molecule has 3 aliphatic rings. The second kappa shape index (κ2) is 6.71. The molecule has 2 heterocycles. The summed E-state index contributed by atoms with van der Waals surface area (Å²) in [4.78, 5) is 16.7. The summed E-state index contributed by atoms with van der Waals surface area (Å²) in [6.45, 7) is 2.01. The second-order valence-corrected chi connectivity index (χ2v) is 7.47. The number of hydrogen-bond donors (Lipinski definition) is 0. The van der Waals surface area contributed by atoms with Gasteiger partial charge in [-0.3, -0.25) is 0 Å². The summed E-state index contributed by atoms with van der Waals surface area (Å²) in [6.07, 6.45) is 4.68. The smallest absolute Gasteiger partial charge is 0.320 e. The molecule has 2 saturated heterocycles. The maximum Gasteiger partial charge on any atom is 0.320 e. The van der Waals surface area contributed by atoms with Crippen molar-refractivity contribution in [1.82, 2.24) is 9.80 Å². The van der Waals surface area contributed by atoms with E-state index in [0.717, 1.165) is 37.1 Å². The van der Waals surface area contributed by atoms with Gasteiger partial charge in [-0.05, 0) is 61.3 Å². The van der Waals surface area contributed by atoms with Gasteiger partial charge in [0.1, 0.15) is 0 Å². The van der Waals surface area contributed by atoms with E-state index >= 15 is 0 Å². The van der Waals surface area contributed by atoms with Crippen molar-refractivity contribution in [2.24, 2.45) is 5.92 Å². The SMILES string of the molecule is N#CC(=C1CCN(C(=O)N2C[C@@H]3CC[C@@H]2C3)CC1)c1ccc(F)c(F)c1. The fourth-order valence-corrected chi connectivity index (χ4v) is 4.56. The van der Waals surface area contributed by atoms with E-state index in [1.165, 1.54) is 12.5 Å². The van der Waals surface area contributed by atoms with Gasteiger partial charge in [-0.2, -0.15) is 5.26 Å². The molecule has 4 rings (SSSR count). The molecule has 1 saturated carbocycles. The Labute approximate surface area is 151 Å². The molecule has 1 aromatic rings. The number of allylic oxidation sites excluding steroid dienone is 1. The fourth-order valence-electron chi connectivity index (χ4n) is 4.56. The van der Waals surface area contributed by atoms with E-state index in [1.807, 2.05) is 9.80 Å². The summed E-state index contributed by atoms with van der Waals surface area (Å²) in [5, 5.41) is 9.50. The zero-order chi connectivity index (χ0) is 18.3. The number of likely N-dealkylation sites (tertiary alicyclic amines) is 2. The van der Waals surface area contributed by atoms with Crippen molar-refractivity contribution < 1.29 is 13.6 Å². The first-order valence-corrected chi connectivity index (χ1v) is 9.20. The Morgan fingerprint density at radius 2 is 1.92 bits per heavy atom. The number of nitrogens with zero attached hydrogens (tertiary/aromatic N) is 3. The fraction of sp³-hybridized carbons (Fsp3) is 0.500. The largest absolute Gasteiger partial charge is 0.324 e. The predicted octanol–water partition coefficient (Wildman–Crippen LogP) is 3.94. The monoisotopic (exact) mass is 357 g/mol. The minimum atomic E-state index is -0.951. The van der Waals surface area contributed by atoms with Crippen molar-refractivity contribution in [3.8, 4) is 6.07 Å². The molecular formula is C20H21F2N3O. The van der Waals surface area contributed by atoms with E-state index < -0.39 is 11.6 Å². The average Bonchev–Trinajstić information content (AvgIpc) is 3.29. The van der Waals surface area contributed by atoms with E-state index in [4.69, 9.17) is 0 Å². The summed E-state index contributed by atoms with van der Waals surface area (Å²) in [7, 11) is 0. The minimum Gasteiger partial charge on any atom is -0.324 e. The molecule has 2 bridgehead atoms. The summed E-state index contributed by atoms with van der Waals surface area (Å²) in [5.74, 6) is -1.20. The van der Waals surface area contributed by atoms with Gasteiger partial charge in [-0.25, -0.2) is 13.6 Å². The summed E-state index contributed by atoms with van der Waals surface area (Å²) in [6, 6.07) is 6.20. The van der Waals surface area contributed by atoms with Crippen LogP contribution in [0.4, 0.5) is 13.6 Å². The Bertz CT molecular complexity index is 804. The van der Waals surface area contributed by atoms with Gasteiger partial charge < -0.3 is 9.80 Å². The Morgan fingerprint density at radius 1 is 1.15 bits per heavy atom. The van der Waals surface area contributed by atoms with Crippen LogP contribution in [0.5, 0.6) is 0 Å². The van der Waals surface area contributed by atoms with Crippen LogP contribution in [0.3, 0.4) is 0 Å². The van der Waals surface area contributed by atoms with Crippen LogP contribution < -0.4 is 0 Å². The number of hydrogen-bond acceptors (Lipinski definition) is 2. The van der Waals surface area contributed by atoms with Gasteiger partial charge in [0.15, 0.2) is 11.6 Å². The predicted molar refractivity (Wildman–Crippen MR) is 92.9 cm³/mol. The molecule has 2 aliphatic heterocycles. The summed E-state index contributed by atoms with van der Waals surface area (Å²) in [5.41, 5.74) is 1.71. The lowest BCUT2D eigenvalue weighted by atomic mass is 9.94. The number of rotatable bonds is 1. The normalized spacial score (nSPS) is 24.7. The molecule has 26 heavy (non-hydrogen) atoms. The van der Waals surface area contributed by atoms with E-state index in [1.54, 1.807) is 0 Å². The van der Waals surface area contributed by atoms with Crippen LogP contribution in [-0.4, -0.2) is 41.5 Å². The lowest BCUT2D eigenvalue weighted by molar-refractivity contribution is 0.135. The first kappa shape index (κ1) is 17.0. The molecule has 0 unspecified atom stereocenters. The van der Waals surface area contributed by atoms with Gasteiger partial charge in [0.2, 0.25) is 0 Å². The molecule has 0 radical (unpaired) electrons. The first-order valence-electron chi connectivity index (χ1n) is 9.20. The molecule has 136 valence electrons. The topological polar surface area (TPSA) is 47.3 Å². The summed E-state index contributed by atoms with van der Waals surface area (Å²) >= 11 is 0. The van der Waals surface area contributed by atoms with Crippen molar-refractivity contribution in [3.05, 3.63) is 41.0 Å². The van der Waals surface area contributed by atoms with Crippen LogP contribution in [-0.2, 0) is 0 Å². The highest BCUT2D eigenvalue weighted by Crippen LogP contribution is 2.38. The van der Waals surface area contributed by atoms with Crippen molar-refractivity contribution in [2.75, 3.05) is 19.6 Å².